The van der Waals surface area contributed by atoms with E-state index in [-0.39, 0.29) is 73.4 Å². The van der Waals surface area contributed by atoms with E-state index in [2.05, 4.69) is 4.99 Å². The zero-order valence-corrected chi connectivity index (χ0v) is 19.6. The van der Waals surface area contributed by atoms with E-state index in [9.17, 15) is 19.5 Å². The van der Waals surface area contributed by atoms with Crippen LogP contribution in [0.15, 0.2) is 17.3 Å². The van der Waals surface area contributed by atoms with Crippen LogP contribution in [0.2, 0.25) is 0 Å². The molecule has 1 fully saturated rings. The third-order valence-electron chi connectivity index (χ3n) is 5.78. The number of amidine groups is 1. The van der Waals surface area contributed by atoms with E-state index in [1.807, 2.05) is 13.8 Å². The fourth-order valence-electron chi connectivity index (χ4n) is 3.49. The largest absolute Gasteiger partial charge is 0.451 e. The number of carbonyl (C=O) groups is 3. The number of nitrogens with zero attached hydrogens (tertiary/aromatic N) is 2. The van der Waals surface area contributed by atoms with E-state index in [0.717, 1.165) is 26.4 Å². The van der Waals surface area contributed by atoms with Gasteiger partial charge < -0.3 is 30.6 Å². The first kappa shape index (κ1) is 33.2. The number of ketones is 1. The number of urea groups is 1. The Hall–Kier alpha value is -1.98. The van der Waals surface area contributed by atoms with Crippen LogP contribution in [0.5, 0.6) is 0 Å². The number of ether oxygens (including phenoxy) is 1. The molecule has 0 saturated carbocycles. The Bertz CT molecular complexity index is 654. The zero-order valence-electron chi connectivity index (χ0n) is 19.6. The van der Waals surface area contributed by atoms with Gasteiger partial charge in [0.25, 0.3) is 0 Å². The van der Waals surface area contributed by atoms with Crippen LogP contribution in [0.25, 0.3) is 0 Å². The van der Waals surface area contributed by atoms with Gasteiger partial charge >= 0.3 is 6.03 Å². The number of carbonyl (C=O) groups excluding carboxylic acids is 3. The van der Waals surface area contributed by atoms with Crippen LogP contribution in [0.3, 0.4) is 0 Å². The van der Waals surface area contributed by atoms with Crippen LogP contribution < -0.4 is 5.73 Å². The zero-order chi connectivity index (χ0) is 24.7. The van der Waals surface area contributed by atoms with Gasteiger partial charge in [-0.05, 0) is 18.8 Å². The maximum atomic E-state index is 12.3. The van der Waals surface area contributed by atoms with Gasteiger partial charge in [0.1, 0.15) is 24.1 Å². The number of aliphatic imine (C=N–C) groups is 1. The molecule has 2 aliphatic heterocycles. The minimum Gasteiger partial charge on any atom is -0.400 e. The van der Waals surface area contributed by atoms with Gasteiger partial charge in [-0.2, -0.15) is 4.48 Å². The van der Waals surface area contributed by atoms with Gasteiger partial charge in [-0.15, -0.1) is 4.99 Å². The Kier molecular flexibility index (Phi) is 17.6. The average molecular weight is 475 g/mol. The summed E-state index contributed by atoms with van der Waals surface area (Å²) in [5.41, 5.74) is 5.56. The number of hydrogen-bond acceptors (Lipinski definition) is 8. The van der Waals surface area contributed by atoms with Crippen molar-refractivity contribution in [1.82, 2.24) is 0 Å². The molecule has 2 rings (SSSR count). The van der Waals surface area contributed by atoms with Crippen LogP contribution in [0.4, 0.5) is 4.79 Å². The number of nitrogens with two attached hydrogens (primary N) is 1. The van der Waals surface area contributed by atoms with E-state index >= 15 is 0 Å². The van der Waals surface area contributed by atoms with E-state index in [4.69, 9.17) is 20.7 Å². The number of amides is 2. The topological polar surface area (TPSA) is 160 Å². The third kappa shape index (κ3) is 10.2. The molecule has 5 N–H and O–H groups in total. The van der Waals surface area contributed by atoms with Crippen molar-refractivity contribution in [3.8, 4) is 0 Å². The summed E-state index contributed by atoms with van der Waals surface area (Å²) in [6.45, 7) is 3.89. The number of Topliss-reactive ketones (excluding diaryl/α,β-unsaturated/α-hetero) is 1. The summed E-state index contributed by atoms with van der Waals surface area (Å²) in [7, 11) is 2.76. The van der Waals surface area contributed by atoms with Crippen molar-refractivity contribution < 1.29 is 38.9 Å². The number of hydrogen-bond donors (Lipinski definition) is 4. The first-order valence-corrected chi connectivity index (χ1v) is 10.9. The third-order valence-corrected chi connectivity index (χ3v) is 5.78. The van der Waals surface area contributed by atoms with Crippen molar-refractivity contribution in [3.05, 3.63) is 12.3 Å². The van der Waals surface area contributed by atoms with Crippen LogP contribution in [-0.4, -0.2) is 83.4 Å². The molecule has 192 valence electrons. The summed E-state index contributed by atoms with van der Waals surface area (Å²) in [6, 6.07) is -0.334. The molecule has 10 nitrogen and oxygen atoms in total. The lowest BCUT2D eigenvalue weighted by molar-refractivity contribution is -0.830. The molecule has 1 saturated heterocycles. The second kappa shape index (κ2) is 17.5. The molecule has 0 radical (unpaired) electrons. The Morgan fingerprint density at radius 3 is 2.45 bits per heavy atom. The normalized spacial score (nSPS) is 25.3. The van der Waals surface area contributed by atoms with Crippen LogP contribution >= 0.6 is 0 Å². The fraction of sp³-hybridized carbons (Fsp3) is 0.739. The van der Waals surface area contributed by atoms with Crippen molar-refractivity contribution in [3.63, 3.8) is 0 Å². The summed E-state index contributed by atoms with van der Waals surface area (Å²) in [4.78, 5) is 37.6. The molecule has 10 heteroatoms. The van der Waals surface area contributed by atoms with Crippen LogP contribution in [0, 0.1) is 11.8 Å². The molecule has 0 spiro atoms. The number of aliphatic hydroxyl groups is 3. The molecule has 5 unspecified atom stereocenters. The fourth-order valence-corrected chi connectivity index (χ4v) is 3.49. The van der Waals surface area contributed by atoms with Gasteiger partial charge in [0, 0.05) is 45.0 Å². The van der Waals surface area contributed by atoms with Crippen molar-refractivity contribution in [2.24, 2.45) is 22.6 Å². The number of rotatable bonds is 10. The molecular weight excluding hydrogens is 430 g/mol. The maximum absolute atomic E-state index is 12.3. The number of aliphatic hydroxyl groups excluding tert-OH is 3. The second-order valence-electron chi connectivity index (χ2n) is 7.93. The SMILES string of the molecule is C.CCC(C)C(CO)C(=O)CCC1CCC([N+]2(C)C=CC(N)=NC2=O)O1.CO.O=CCCO. The molecule has 33 heavy (non-hydrogen) atoms. The molecule has 0 aliphatic carbocycles. The van der Waals surface area contributed by atoms with E-state index in [0.29, 0.717) is 19.1 Å². The predicted octanol–water partition coefficient (Wildman–Crippen LogP) is 1.76. The van der Waals surface area contributed by atoms with E-state index in [1.165, 1.54) is 0 Å². The monoisotopic (exact) mass is 474 g/mol. The quantitative estimate of drug-likeness (QED) is 0.275. The van der Waals surface area contributed by atoms with Gasteiger partial charge in [-0.1, -0.05) is 27.7 Å². The van der Waals surface area contributed by atoms with Gasteiger partial charge in [-0.3, -0.25) is 4.79 Å². The number of aldehydes is 1. The molecule has 2 amide bonds. The van der Waals surface area contributed by atoms with E-state index < -0.39 is 0 Å². The highest BCUT2D eigenvalue weighted by Gasteiger charge is 2.45. The van der Waals surface area contributed by atoms with Crippen LogP contribution in [0.1, 0.15) is 59.8 Å². The van der Waals surface area contributed by atoms with Gasteiger partial charge in [0.15, 0.2) is 0 Å². The molecule has 2 heterocycles. The van der Waals surface area contributed by atoms with Crippen molar-refractivity contribution in [2.45, 2.75) is 72.1 Å². The summed E-state index contributed by atoms with van der Waals surface area (Å²) >= 11 is 0. The molecule has 0 aromatic heterocycles. The van der Waals surface area contributed by atoms with Crippen LogP contribution in [-0.2, 0) is 14.3 Å². The predicted molar refractivity (Wildman–Crippen MR) is 127 cm³/mol. The highest BCUT2D eigenvalue weighted by atomic mass is 16.5. The lowest BCUT2D eigenvalue weighted by atomic mass is 9.86. The Morgan fingerprint density at radius 1 is 1.36 bits per heavy atom. The first-order chi connectivity index (χ1) is 15.2. The van der Waals surface area contributed by atoms with E-state index in [1.54, 1.807) is 19.3 Å². The summed E-state index contributed by atoms with van der Waals surface area (Å²) in [5.74, 6) is 0.186. The summed E-state index contributed by atoms with van der Waals surface area (Å²) < 4.78 is 5.99. The summed E-state index contributed by atoms with van der Waals surface area (Å²) in [5, 5.41) is 24.3. The Labute approximate surface area is 197 Å². The Morgan fingerprint density at radius 2 is 2.00 bits per heavy atom. The molecular formula is C23H44N3O7+. The smallest absolute Gasteiger partial charge is 0.400 e. The summed E-state index contributed by atoms with van der Waals surface area (Å²) in [6.07, 6.45) is 7.35. The molecule has 5 atom stereocenters. The first-order valence-electron chi connectivity index (χ1n) is 10.9. The lowest BCUT2D eigenvalue weighted by Crippen LogP contribution is -2.53. The maximum Gasteiger partial charge on any atom is 0.451 e. The highest BCUT2D eigenvalue weighted by molar-refractivity contribution is 5.99. The molecule has 0 bridgehead atoms. The minimum absolute atomic E-state index is 0. The minimum atomic E-state index is -0.334. The Balaban J connectivity index is 0. The molecule has 0 aromatic rings. The van der Waals surface area contributed by atoms with Gasteiger partial charge in [0.2, 0.25) is 6.23 Å². The highest BCUT2D eigenvalue weighted by Crippen LogP contribution is 2.32. The lowest BCUT2D eigenvalue weighted by Gasteiger charge is -2.32. The van der Waals surface area contributed by atoms with Gasteiger partial charge in [0.05, 0.1) is 19.8 Å². The van der Waals surface area contributed by atoms with Crippen molar-refractivity contribution in [2.75, 3.05) is 27.4 Å². The average Bonchev–Trinajstić information content (AvgIpc) is 3.27. The number of quaternary nitrogens is 1. The standard InChI is InChI=1S/C18H29N3O4.C3H6O2.CH4O.CH4/c1-4-12(2)14(11-22)15(23)7-5-13-6-8-17(25-13)21(3)10-9-16(19)20-18(21)24;4-2-1-3-5;1-2;/h9-10,12-14,17,22H,4-8,11H2,1-3H3,(H-,19,20,24);2,5H,1,3H2;2H,1H3;1H4/p+1. The van der Waals surface area contributed by atoms with Crippen molar-refractivity contribution >= 4 is 23.9 Å². The van der Waals surface area contributed by atoms with Crippen molar-refractivity contribution in [1.29, 1.82) is 0 Å². The molecule has 2 aliphatic rings. The molecule has 0 aromatic carbocycles. The second-order valence-corrected chi connectivity index (χ2v) is 7.93. The van der Waals surface area contributed by atoms with Gasteiger partial charge in [-0.25, -0.2) is 4.79 Å².